The molecule has 4 rings (SSSR count). The van der Waals surface area contributed by atoms with Crippen molar-refractivity contribution in [1.82, 2.24) is 14.9 Å². The minimum absolute atomic E-state index is 0.0396. The van der Waals surface area contributed by atoms with Crippen LogP contribution in [0.25, 0.3) is 0 Å². The van der Waals surface area contributed by atoms with Gasteiger partial charge in [0.15, 0.2) is 5.82 Å². The van der Waals surface area contributed by atoms with Crippen molar-refractivity contribution < 1.29 is 32.2 Å². The molecule has 0 fully saturated rings. The summed E-state index contributed by atoms with van der Waals surface area (Å²) in [6, 6.07) is 6.88. The highest BCUT2D eigenvalue weighted by Gasteiger charge is 2.31. The third-order valence-electron chi connectivity index (χ3n) is 5.07. The minimum atomic E-state index is -4.71. The Morgan fingerprint density at radius 3 is 2.58 bits per heavy atom. The Labute approximate surface area is 220 Å². The first-order valence-electron chi connectivity index (χ1n) is 11.2. The number of nitrogens with zero attached hydrogens (tertiary/aromatic N) is 3. The lowest BCUT2D eigenvalue weighted by molar-refractivity contribution is -0.137. The van der Waals surface area contributed by atoms with Gasteiger partial charge in [0.25, 0.3) is 11.8 Å². The summed E-state index contributed by atoms with van der Waals surface area (Å²) in [7, 11) is 3.29. The number of hydrogen-bond donors (Lipinski definition) is 3. The number of alkyl halides is 3. The van der Waals surface area contributed by atoms with Gasteiger partial charge < -0.3 is 30.3 Å². The Kier molecular flexibility index (Phi) is 7.88. The molecule has 1 aliphatic rings. The van der Waals surface area contributed by atoms with Crippen molar-refractivity contribution in [2.45, 2.75) is 6.18 Å². The molecule has 3 aromatic rings. The molecule has 0 aliphatic carbocycles. The van der Waals surface area contributed by atoms with Crippen LogP contribution in [0.5, 0.6) is 17.4 Å². The molecule has 0 bridgehead atoms. The quantitative estimate of drug-likeness (QED) is 0.394. The molecule has 2 aromatic carbocycles. The maximum Gasteiger partial charge on any atom is 0.416 e. The van der Waals surface area contributed by atoms with Crippen molar-refractivity contribution >= 4 is 40.6 Å². The SMILES string of the molecule is CN(C)CC(=O)Nc1cc(NC(=O)c2ccc(Cl)c(Oc3ncnc4c3OCCN4)c2)cc(C(F)(F)F)c1. The van der Waals surface area contributed by atoms with E-state index in [1.807, 2.05) is 0 Å². The number of nitrogens with one attached hydrogen (secondary N) is 3. The monoisotopic (exact) mass is 550 g/mol. The van der Waals surface area contributed by atoms with Crippen molar-refractivity contribution in [2.75, 3.05) is 49.7 Å². The zero-order chi connectivity index (χ0) is 27.4. The fourth-order valence-corrected chi connectivity index (χ4v) is 3.62. The van der Waals surface area contributed by atoms with Gasteiger partial charge in [-0.25, -0.2) is 4.98 Å². The van der Waals surface area contributed by atoms with E-state index in [4.69, 9.17) is 21.1 Å². The lowest BCUT2D eigenvalue weighted by Gasteiger charge is -2.19. The summed E-state index contributed by atoms with van der Waals surface area (Å²) >= 11 is 6.25. The summed E-state index contributed by atoms with van der Waals surface area (Å²) in [5.74, 6) is -0.411. The van der Waals surface area contributed by atoms with Crippen LogP contribution in [0.3, 0.4) is 0 Å². The van der Waals surface area contributed by atoms with Crippen molar-refractivity contribution in [3.05, 3.63) is 58.9 Å². The number of carbonyl (C=O) groups excluding carboxylic acids is 2. The van der Waals surface area contributed by atoms with Crippen molar-refractivity contribution in [3.63, 3.8) is 0 Å². The maximum absolute atomic E-state index is 13.5. The maximum atomic E-state index is 13.5. The molecule has 3 N–H and O–H groups in total. The van der Waals surface area contributed by atoms with Gasteiger partial charge in [0.1, 0.15) is 18.7 Å². The summed E-state index contributed by atoms with van der Waals surface area (Å²) in [4.78, 5) is 34.7. The minimum Gasteiger partial charge on any atom is -0.483 e. The molecule has 0 spiro atoms. The summed E-state index contributed by atoms with van der Waals surface area (Å²) in [5, 5.41) is 8.03. The number of fused-ring (bicyclic) bond motifs is 1. The summed E-state index contributed by atoms with van der Waals surface area (Å²) in [5.41, 5.74) is -1.30. The molecule has 200 valence electrons. The van der Waals surface area contributed by atoms with Gasteiger partial charge in [-0.15, -0.1) is 0 Å². The first kappa shape index (κ1) is 26.9. The van der Waals surface area contributed by atoms with Gasteiger partial charge in [-0.3, -0.25) is 9.59 Å². The number of carbonyl (C=O) groups is 2. The number of amides is 2. The molecule has 38 heavy (non-hydrogen) atoms. The van der Waals surface area contributed by atoms with E-state index in [0.29, 0.717) is 19.0 Å². The van der Waals surface area contributed by atoms with E-state index in [9.17, 15) is 22.8 Å². The molecule has 0 unspecified atom stereocenters. The Bertz CT molecular complexity index is 1370. The average Bonchev–Trinajstić information content (AvgIpc) is 2.84. The fourth-order valence-electron chi connectivity index (χ4n) is 3.46. The van der Waals surface area contributed by atoms with E-state index in [2.05, 4.69) is 25.9 Å². The molecule has 1 aliphatic heterocycles. The Balaban J connectivity index is 1.57. The number of benzene rings is 2. The zero-order valence-electron chi connectivity index (χ0n) is 20.1. The normalized spacial score (nSPS) is 12.7. The first-order valence-corrected chi connectivity index (χ1v) is 11.5. The van der Waals surface area contributed by atoms with Crippen molar-refractivity contribution in [3.8, 4) is 17.4 Å². The second-order valence-electron chi connectivity index (χ2n) is 8.42. The van der Waals surface area contributed by atoms with Gasteiger partial charge >= 0.3 is 6.18 Å². The third-order valence-corrected chi connectivity index (χ3v) is 5.39. The van der Waals surface area contributed by atoms with Gasteiger partial charge in [-0.05, 0) is 50.5 Å². The third kappa shape index (κ3) is 6.61. The lowest BCUT2D eigenvalue weighted by atomic mass is 10.1. The summed E-state index contributed by atoms with van der Waals surface area (Å²) in [6.45, 7) is 0.875. The number of halogens is 4. The first-order chi connectivity index (χ1) is 18.0. The standard InChI is InChI=1S/C24H22ClF3N6O4/c1-34(2)11-19(35)32-15-8-14(24(26,27)28)9-16(10-15)33-22(36)13-3-4-17(25)18(7-13)38-23-20-21(30-12-31-23)29-5-6-37-20/h3-4,7-10,12H,5-6,11H2,1-2H3,(H,32,35)(H,33,36)(H,29,30,31). The highest BCUT2D eigenvalue weighted by atomic mass is 35.5. The molecule has 0 radical (unpaired) electrons. The van der Waals surface area contributed by atoms with Crippen LogP contribution in [0.2, 0.25) is 5.02 Å². The molecule has 2 amide bonds. The average molecular weight is 551 g/mol. The number of rotatable bonds is 7. The second-order valence-corrected chi connectivity index (χ2v) is 8.82. The summed E-state index contributed by atoms with van der Waals surface area (Å²) in [6.07, 6.45) is -3.44. The van der Waals surface area contributed by atoms with E-state index in [-0.39, 0.29) is 45.9 Å². The van der Waals surface area contributed by atoms with Crippen LogP contribution in [0, 0.1) is 0 Å². The van der Waals surface area contributed by atoms with Gasteiger partial charge in [-0.2, -0.15) is 18.2 Å². The largest absolute Gasteiger partial charge is 0.483 e. The smallest absolute Gasteiger partial charge is 0.416 e. The van der Waals surface area contributed by atoms with E-state index < -0.39 is 23.6 Å². The van der Waals surface area contributed by atoms with Crippen molar-refractivity contribution in [2.24, 2.45) is 0 Å². The molecule has 2 heterocycles. The fraction of sp³-hybridized carbons (Fsp3) is 0.250. The van der Waals surface area contributed by atoms with E-state index >= 15 is 0 Å². The second kappa shape index (κ2) is 11.1. The molecular formula is C24H22ClF3N6O4. The number of aromatic nitrogens is 2. The van der Waals surface area contributed by atoms with Crippen LogP contribution in [0.15, 0.2) is 42.7 Å². The van der Waals surface area contributed by atoms with Crippen LogP contribution in [0.4, 0.5) is 30.4 Å². The topological polar surface area (TPSA) is 118 Å². The van der Waals surface area contributed by atoms with Crippen LogP contribution >= 0.6 is 11.6 Å². The van der Waals surface area contributed by atoms with Crippen LogP contribution < -0.4 is 25.4 Å². The lowest BCUT2D eigenvalue weighted by Crippen LogP contribution is -2.27. The Hall–Kier alpha value is -4.10. The Morgan fingerprint density at radius 2 is 1.87 bits per heavy atom. The molecule has 0 atom stereocenters. The number of likely N-dealkylation sites (N-methyl/N-ethyl adjacent to an activating group) is 1. The predicted octanol–water partition coefficient (Wildman–Crippen LogP) is 4.50. The molecule has 1 aromatic heterocycles. The van der Waals surface area contributed by atoms with Crippen molar-refractivity contribution in [1.29, 1.82) is 0 Å². The van der Waals surface area contributed by atoms with Gasteiger partial charge in [0.2, 0.25) is 11.7 Å². The van der Waals surface area contributed by atoms with E-state index in [1.165, 1.54) is 30.6 Å². The zero-order valence-corrected chi connectivity index (χ0v) is 20.9. The highest BCUT2D eigenvalue weighted by Crippen LogP contribution is 2.38. The van der Waals surface area contributed by atoms with Crippen LogP contribution in [-0.2, 0) is 11.0 Å². The molecule has 10 nitrogen and oxygen atoms in total. The molecular weight excluding hydrogens is 529 g/mol. The summed E-state index contributed by atoms with van der Waals surface area (Å²) < 4.78 is 51.8. The van der Waals surface area contributed by atoms with Gasteiger partial charge in [-0.1, -0.05) is 11.6 Å². The molecule has 0 saturated carbocycles. The highest BCUT2D eigenvalue weighted by molar-refractivity contribution is 6.32. The number of anilines is 3. The number of hydrogen-bond acceptors (Lipinski definition) is 8. The van der Waals surface area contributed by atoms with Gasteiger partial charge in [0.05, 0.1) is 23.7 Å². The predicted molar refractivity (Wildman–Crippen MR) is 134 cm³/mol. The number of ether oxygens (including phenoxy) is 2. The molecule has 14 heteroatoms. The van der Waals surface area contributed by atoms with E-state index in [1.54, 1.807) is 19.0 Å². The Morgan fingerprint density at radius 1 is 1.13 bits per heavy atom. The van der Waals surface area contributed by atoms with Crippen LogP contribution in [0.1, 0.15) is 15.9 Å². The van der Waals surface area contributed by atoms with E-state index in [0.717, 1.165) is 12.1 Å². The van der Waals surface area contributed by atoms with Gasteiger partial charge in [0, 0.05) is 16.9 Å². The molecule has 0 saturated heterocycles. The van der Waals surface area contributed by atoms with Crippen LogP contribution in [-0.4, -0.2) is 60.5 Å².